The number of rotatable bonds is 6. The Labute approximate surface area is 125 Å². The second kappa shape index (κ2) is 6.88. The molecule has 0 bridgehead atoms. The third-order valence-electron chi connectivity index (χ3n) is 3.19. The van der Waals surface area contributed by atoms with Crippen LogP contribution < -0.4 is 10.1 Å². The molecule has 112 valence electrons. The van der Waals surface area contributed by atoms with E-state index < -0.39 is 0 Å². The fourth-order valence-electron chi connectivity index (χ4n) is 2.08. The van der Waals surface area contributed by atoms with Crippen LogP contribution in [0.25, 0.3) is 0 Å². The van der Waals surface area contributed by atoms with E-state index in [4.69, 9.17) is 4.74 Å². The summed E-state index contributed by atoms with van der Waals surface area (Å²) in [4.78, 5) is 0. The molecule has 3 N–H and O–H groups in total. The van der Waals surface area contributed by atoms with Crippen LogP contribution in [0.5, 0.6) is 17.2 Å². The summed E-state index contributed by atoms with van der Waals surface area (Å²) in [6, 6.07) is 12.1. The maximum Gasteiger partial charge on any atom is 0.121 e. The van der Waals surface area contributed by atoms with Gasteiger partial charge in [0.2, 0.25) is 0 Å². The molecular weight excluding hydrogens is 266 g/mol. The lowest BCUT2D eigenvalue weighted by molar-refractivity contribution is 0.317. The summed E-state index contributed by atoms with van der Waals surface area (Å²) in [6.07, 6.45) is 0.980. The van der Waals surface area contributed by atoms with E-state index in [-0.39, 0.29) is 17.5 Å². The first kappa shape index (κ1) is 15.0. The Bertz CT molecular complexity index is 581. The Morgan fingerprint density at radius 1 is 1.10 bits per heavy atom. The molecule has 0 radical (unpaired) electrons. The highest BCUT2D eigenvalue weighted by atomic mass is 16.5. The van der Waals surface area contributed by atoms with Crippen molar-refractivity contribution in [2.75, 3.05) is 11.9 Å². The molecule has 0 aliphatic carbocycles. The largest absolute Gasteiger partial charge is 0.508 e. The highest BCUT2D eigenvalue weighted by Gasteiger charge is 2.11. The lowest BCUT2D eigenvalue weighted by atomic mass is 10.1. The molecule has 2 aromatic rings. The molecule has 0 heterocycles. The number of hydrogen-bond acceptors (Lipinski definition) is 4. The molecule has 4 heteroatoms. The van der Waals surface area contributed by atoms with E-state index in [1.54, 1.807) is 6.07 Å². The van der Waals surface area contributed by atoms with Crippen LogP contribution >= 0.6 is 0 Å². The van der Waals surface area contributed by atoms with Crippen LogP contribution in [0.3, 0.4) is 0 Å². The summed E-state index contributed by atoms with van der Waals surface area (Å²) in [5, 5.41) is 22.7. The number of benzene rings is 2. The van der Waals surface area contributed by atoms with E-state index in [0.717, 1.165) is 17.9 Å². The monoisotopic (exact) mass is 287 g/mol. The third-order valence-corrected chi connectivity index (χ3v) is 3.19. The van der Waals surface area contributed by atoms with Gasteiger partial charge in [0.15, 0.2) is 0 Å². The minimum absolute atomic E-state index is 0.125. The zero-order valence-electron chi connectivity index (χ0n) is 12.3. The molecule has 1 unspecified atom stereocenters. The van der Waals surface area contributed by atoms with Gasteiger partial charge >= 0.3 is 0 Å². The van der Waals surface area contributed by atoms with Crippen LogP contribution in [0, 0.1) is 0 Å². The predicted octanol–water partition coefficient (Wildman–Crippen LogP) is 4.06. The Hall–Kier alpha value is -2.36. The Balaban J connectivity index is 2.05. The molecule has 0 amide bonds. The fourth-order valence-corrected chi connectivity index (χ4v) is 2.08. The van der Waals surface area contributed by atoms with Gasteiger partial charge in [0.25, 0.3) is 0 Å². The zero-order chi connectivity index (χ0) is 15.2. The molecule has 21 heavy (non-hydrogen) atoms. The number of anilines is 1. The second-order valence-corrected chi connectivity index (χ2v) is 4.98. The van der Waals surface area contributed by atoms with Crippen molar-refractivity contribution in [3.05, 3.63) is 48.0 Å². The van der Waals surface area contributed by atoms with Gasteiger partial charge in [-0.1, -0.05) is 6.92 Å². The smallest absolute Gasteiger partial charge is 0.121 e. The maximum atomic E-state index is 9.85. The van der Waals surface area contributed by atoms with E-state index >= 15 is 0 Å². The van der Waals surface area contributed by atoms with E-state index in [1.807, 2.05) is 31.2 Å². The highest BCUT2D eigenvalue weighted by molar-refractivity contribution is 5.50. The predicted molar refractivity (Wildman–Crippen MR) is 84.0 cm³/mol. The second-order valence-electron chi connectivity index (χ2n) is 4.98. The summed E-state index contributed by atoms with van der Waals surface area (Å²) >= 11 is 0. The summed E-state index contributed by atoms with van der Waals surface area (Å²) in [7, 11) is 0. The molecule has 2 aromatic carbocycles. The average Bonchev–Trinajstić information content (AvgIpc) is 2.49. The van der Waals surface area contributed by atoms with Gasteiger partial charge in [0.05, 0.1) is 12.6 Å². The van der Waals surface area contributed by atoms with Gasteiger partial charge < -0.3 is 20.3 Å². The van der Waals surface area contributed by atoms with Crippen LogP contribution in [-0.4, -0.2) is 16.8 Å². The van der Waals surface area contributed by atoms with Gasteiger partial charge in [-0.2, -0.15) is 0 Å². The van der Waals surface area contributed by atoms with E-state index in [0.29, 0.717) is 12.2 Å². The minimum atomic E-state index is -0.125. The highest BCUT2D eigenvalue weighted by Crippen LogP contribution is 2.30. The molecule has 0 spiro atoms. The normalized spacial score (nSPS) is 11.9. The summed E-state index contributed by atoms with van der Waals surface area (Å²) < 4.78 is 5.53. The topological polar surface area (TPSA) is 61.7 Å². The van der Waals surface area contributed by atoms with Crippen molar-refractivity contribution < 1.29 is 14.9 Å². The molecule has 0 aliphatic rings. The quantitative estimate of drug-likeness (QED) is 0.701. The van der Waals surface area contributed by atoms with Gasteiger partial charge in [-0.3, -0.25) is 0 Å². The Morgan fingerprint density at radius 2 is 1.81 bits per heavy atom. The van der Waals surface area contributed by atoms with Crippen molar-refractivity contribution in [2.24, 2.45) is 0 Å². The van der Waals surface area contributed by atoms with Crippen LogP contribution in [0.2, 0.25) is 0 Å². The zero-order valence-corrected chi connectivity index (χ0v) is 12.3. The molecule has 0 aromatic heterocycles. The first-order chi connectivity index (χ1) is 10.1. The Kier molecular flexibility index (Phi) is 4.93. The van der Waals surface area contributed by atoms with Crippen LogP contribution in [0.1, 0.15) is 31.9 Å². The first-order valence-corrected chi connectivity index (χ1v) is 7.11. The minimum Gasteiger partial charge on any atom is -0.508 e. The third kappa shape index (κ3) is 4.05. The number of hydrogen-bond donors (Lipinski definition) is 3. The van der Waals surface area contributed by atoms with Crippen molar-refractivity contribution in [3.63, 3.8) is 0 Å². The van der Waals surface area contributed by atoms with Gasteiger partial charge in [-0.05, 0) is 55.8 Å². The van der Waals surface area contributed by atoms with E-state index in [9.17, 15) is 10.2 Å². The van der Waals surface area contributed by atoms with E-state index in [2.05, 4.69) is 12.2 Å². The molecule has 0 fully saturated rings. The van der Waals surface area contributed by atoms with Crippen molar-refractivity contribution in [1.29, 1.82) is 0 Å². The lowest BCUT2D eigenvalue weighted by Gasteiger charge is -2.17. The number of aromatic hydroxyl groups is 2. The molecular formula is C17H21NO3. The summed E-state index contributed by atoms with van der Waals surface area (Å²) in [5.74, 6) is 1.14. The maximum absolute atomic E-state index is 9.85. The van der Waals surface area contributed by atoms with Crippen molar-refractivity contribution in [1.82, 2.24) is 0 Å². The average molecular weight is 287 g/mol. The molecule has 4 nitrogen and oxygen atoms in total. The van der Waals surface area contributed by atoms with Crippen LogP contribution in [0.4, 0.5) is 5.69 Å². The summed E-state index contributed by atoms with van der Waals surface area (Å²) in [6.45, 7) is 4.70. The number of phenols is 2. The van der Waals surface area contributed by atoms with Gasteiger partial charge in [0.1, 0.15) is 17.2 Å². The molecule has 0 aliphatic heterocycles. The molecule has 1 atom stereocenters. The molecule has 2 rings (SSSR count). The lowest BCUT2D eigenvalue weighted by Crippen LogP contribution is -2.06. The van der Waals surface area contributed by atoms with Crippen molar-refractivity contribution in [3.8, 4) is 17.2 Å². The van der Waals surface area contributed by atoms with Crippen molar-refractivity contribution >= 4 is 5.69 Å². The van der Waals surface area contributed by atoms with Gasteiger partial charge in [0, 0.05) is 11.3 Å². The van der Waals surface area contributed by atoms with Gasteiger partial charge in [-0.25, -0.2) is 0 Å². The molecule has 0 saturated carbocycles. The van der Waals surface area contributed by atoms with Crippen molar-refractivity contribution in [2.45, 2.75) is 26.3 Å². The first-order valence-electron chi connectivity index (χ1n) is 7.11. The summed E-state index contributed by atoms with van der Waals surface area (Å²) in [5.41, 5.74) is 1.58. The van der Waals surface area contributed by atoms with Gasteiger partial charge in [-0.15, -0.1) is 0 Å². The Morgan fingerprint density at radius 3 is 2.48 bits per heavy atom. The fraction of sp³-hybridized carbons (Fsp3) is 0.294. The van der Waals surface area contributed by atoms with E-state index in [1.165, 1.54) is 12.1 Å². The number of ether oxygens (including phenoxy) is 1. The molecule has 0 saturated heterocycles. The SMILES string of the molecule is CCCOc1ccc(NC(C)c2cc(O)ccc2O)cc1. The standard InChI is InChI=1S/C17H21NO3/c1-3-10-21-15-7-4-13(5-8-15)18-12(2)16-11-14(19)6-9-17(16)20/h4-9,11-12,18-20H,3,10H2,1-2H3. The number of phenolic OH excluding ortho intramolecular Hbond substituents is 2. The van der Waals surface area contributed by atoms with Crippen LogP contribution in [0.15, 0.2) is 42.5 Å². The van der Waals surface area contributed by atoms with Crippen LogP contribution in [-0.2, 0) is 0 Å². The number of nitrogens with one attached hydrogen (secondary N) is 1.